The summed E-state index contributed by atoms with van der Waals surface area (Å²) >= 11 is 0. The summed E-state index contributed by atoms with van der Waals surface area (Å²) in [6, 6.07) is 71.1. The van der Waals surface area contributed by atoms with Crippen LogP contribution in [0.25, 0.3) is 98.8 Å². The van der Waals surface area contributed by atoms with Gasteiger partial charge in [0.05, 0.1) is 22.1 Å². The standard InChI is InChI=1S/C50H32N2/c1-3-11-36-29-38(18-17-33(36)9-1)35-19-24-41(25-20-35)51-48-16-8-6-14-44(48)46-31-39(23-28-49(46)51)40-22-27-45-43-13-5-7-15-47(43)52(50(45)32-40)42-26-21-34-10-2-4-12-37(34)30-42/h1-32H. The molecule has 0 amide bonds. The maximum absolute atomic E-state index is 2.42. The summed E-state index contributed by atoms with van der Waals surface area (Å²) < 4.78 is 4.83. The molecule has 0 saturated heterocycles. The summed E-state index contributed by atoms with van der Waals surface area (Å²) in [5, 5.41) is 10.1. The lowest BCUT2D eigenvalue weighted by Crippen LogP contribution is -1.94. The number of aromatic nitrogens is 2. The van der Waals surface area contributed by atoms with E-state index in [4.69, 9.17) is 0 Å². The highest BCUT2D eigenvalue weighted by molar-refractivity contribution is 6.12. The lowest BCUT2D eigenvalue weighted by Gasteiger charge is -2.11. The van der Waals surface area contributed by atoms with Gasteiger partial charge in [-0.1, -0.05) is 133 Å². The quantitative estimate of drug-likeness (QED) is 0.178. The Morgan fingerprint density at radius 1 is 0.231 bits per heavy atom. The first-order valence-corrected chi connectivity index (χ1v) is 17.9. The molecule has 0 aliphatic rings. The van der Waals surface area contributed by atoms with Crippen LogP contribution in [0.2, 0.25) is 0 Å². The van der Waals surface area contributed by atoms with Gasteiger partial charge in [-0.25, -0.2) is 0 Å². The van der Waals surface area contributed by atoms with E-state index >= 15 is 0 Å². The van der Waals surface area contributed by atoms with Crippen molar-refractivity contribution in [1.82, 2.24) is 9.13 Å². The van der Waals surface area contributed by atoms with Crippen molar-refractivity contribution in [2.75, 3.05) is 0 Å². The molecule has 9 aromatic carbocycles. The Morgan fingerprint density at radius 2 is 0.692 bits per heavy atom. The molecule has 242 valence electrons. The van der Waals surface area contributed by atoms with Crippen molar-refractivity contribution < 1.29 is 0 Å². The summed E-state index contributed by atoms with van der Waals surface area (Å²) in [5.41, 5.74) is 12.0. The first-order chi connectivity index (χ1) is 25.8. The van der Waals surface area contributed by atoms with Crippen molar-refractivity contribution in [3.05, 3.63) is 194 Å². The van der Waals surface area contributed by atoms with Crippen LogP contribution in [0.1, 0.15) is 0 Å². The zero-order chi connectivity index (χ0) is 34.2. The van der Waals surface area contributed by atoms with Gasteiger partial charge in [0.25, 0.3) is 0 Å². The van der Waals surface area contributed by atoms with E-state index in [0.29, 0.717) is 0 Å². The molecule has 0 aliphatic carbocycles. The normalized spacial score (nSPS) is 11.8. The highest BCUT2D eigenvalue weighted by Gasteiger charge is 2.16. The molecule has 11 rings (SSSR count). The molecule has 0 bridgehead atoms. The Balaban J connectivity index is 1.04. The molecule has 0 radical (unpaired) electrons. The molecule has 0 unspecified atom stereocenters. The summed E-state index contributed by atoms with van der Waals surface area (Å²) in [6.07, 6.45) is 0. The second-order valence-electron chi connectivity index (χ2n) is 13.8. The van der Waals surface area contributed by atoms with Gasteiger partial charge >= 0.3 is 0 Å². The lowest BCUT2D eigenvalue weighted by atomic mass is 10.0. The number of hydrogen-bond acceptors (Lipinski definition) is 0. The minimum absolute atomic E-state index is 1.16. The van der Waals surface area contributed by atoms with Gasteiger partial charge in [-0.2, -0.15) is 0 Å². The van der Waals surface area contributed by atoms with Crippen molar-refractivity contribution in [1.29, 1.82) is 0 Å². The second kappa shape index (κ2) is 11.3. The van der Waals surface area contributed by atoms with Crippen LogP contribution in [0.5, 0.6) is 0 Å². The smallest absolute Gasteiger partial charge is 0.0547 e. The summed E-state index contributed by atoms with van der Waals surface area (Å²) in [5.74, 6) is 0. The highest BCUT2D eigenvalue weighted by atomic mass is 15.0. The molecule has 0 fully saturated rings. The molecule has 11 aromatic rings. The van der Waals surface area contributed by atoms with Crippen LogP contribution in [0, 0.1) is 0 Å². The maximum Gasteiger partial charge on any atom is 0.0547 e. The molecule has 0 saturated carbocycles. The molecule has 0 spiro atoms. The third-order valence-electron chi connectivity index (χ3n) is 10.9. The van der Waals surface area contributed by atoms with Gasteiger partial charge in [0.2, 0.25) is 0 Å². The van der Waals surface area contributed by atoms with E-state index in [-0.39, 0.29) is 0 Å². The Hall–Kier alpha value is -6.90. The van der Waals surface area contributed by atoms with Crippen LogP contribution in [0.3, 0.4) is 0 Å². The number of rotatable bonds is 4. The zero-order valence-corrected chi connectivity index (χ0v) is 28.4. The largest absolute Gasteiger partial charge is 0.309 e. The third-order valence-corrected chi connectivity index (χ3v) is 10.9. The summed E-state index contributed by atoms with van der Waals surface area (Å²) in [7, 11) is 0. The van der Waals surface area contributed by atoms with Crippen LogP contribution in [-0.2, 0) is 0 Å². The van der Waals surface area contributed by atoms with Crippen LogP contribution >= 0.6 is 0 Å². The van der Waals surface area contributed by atoms with Gasteiger partial charge in [-0.3, -0.25) is 0 Å². The SMILES string of the molecule is c1ccc2cc(-c3ccc(-n4c5ccccc5c5cc(-c6ccc7c8ccccc8n(-c8ccc9ccccc9c8)c7c6)ccc54)cc3)ccc2c1. The van der Waals surface area contributed by atoms with E-state index in [1.54, 1.807) is 0 Å². The van der Waals surface area contributed by atoms with Gasteiger partial charge in [-0.05, 0) is 104 Å². The first-order valence-electron chi connectivity index (χ1n) is 17.9. The van der Waals surface area contributed by atoms with Crippen LogP contribution in [0.4, 0.5) is 0 Å². The molecule has 0 N–H and O–H groups in total. The van der Waals surface area contributed by atoms with E-state index in [1.165, 1.54) is 93.1 Å². The Bertz CT molecular complexity index is 3180. The van der Waals surface area contributed by atoms with Gasteiger partial charge in [0, 0.05) is 32.9 Å². The van der Waals surface area contributed by atoms with Crippen LogP contribution < -0.4 is 0 Å². The van der Waals surface area contributed by atoms with Gasteiger partial charge in [0.15, 0.2) is 0 Å². The first kappa shape index (κ1) is 28.9. The van der Waals surface area contributed by atoms with Gasteiger partial charge in [0.1, 0.15) is 0 Å². The predicted molar refractivity (Wildman–Crippen MR) is 221 cm³/mol. The number of fused-ring (bicyclic) bond motifs is 8. The van der Waals surface area contributed by atoms with E-state index in [1.807, 2.05) is 0 Å². The fourth-order valence-corrected chi connectivity index (χ4v) is 8.35. The van der Waals surface area contributed by atoms with E-state index in [0.717, 1.165) is 5.69 Å². The molecule has 2 heteroatoms. The van der Waals surface area contributed by atoms with E-state index in [9.17, 15) is 0 Å². The minimum Gasteiger partial charge on any atom is -0.309 e. The monoisotopic (exact) mass is 660 g/mol. The van der Waals surface area contributed by atoms with Crippen molar-refractivity contribution in [3.63, 3.8) is 0 Å². The number of hydrogen-bond donors (Lipinski definition) is 0. The fourth-order valence-electron chi connectivity index (χ4n) is 8.35. The van der Waals surface area contributed by atoms with Crippen LogP contribution in [0.15, 0.2) is 194 Å². The molecule has 2 heterocycles. The average Bonchev–Trinajstić information content (AvgIpc) is 3.73. The second-order valence-corrected chi connectivity index (χ2v) is 13.8. The maximum atomic E-state index is 2.42. The minimum atomic E-state index is 1.16. The Kier molecular flexibility index (Phi) is 6.28. The van der Waals surface area contributed by atoms with Gasteiger partial charge < -0.3 is 9.13 Å². The predicted octanol–water partition coefficient (Wildman–Crippen LogP) is 13.5. The topological polar surface area (TPSA) is 9.86 Å². The van der Waals surface area contributed by atoms with Crippen molar-refractivity contribution in [2.24, 2.45) is 0 Å². The summed E-state index contributed by atoms with van der Waals surface area (Å²) in [4.78, 5) is 0. The van der Waals surface area contributed by atoms with Gasteiger partial charge in [-0.15, -0.1) is 0 Å². The Morgan fingerprint density at radius 3 is 1.44 bits per heavy atom. The zero-order valence-electron chi connectivity index (χ0n) is 28.4. The van der Waals surface area contributed by atoms with Crippen molar-refractivity contribution in [3.8, 4) is 33.6 Å². The summed E-state index contributed by atoms with van der Waals surface area (Å²) in [6.45, 7) is 0. The highest BCUT2D eigenvalue weighted by Crippen LogP contribution is 2.39. The Labute approximate surface area is 301 Å². The molecular weight excluding hydrogens is 629 g/mol. The van der Waals surface area contributed by atoms with Crippen molar-refractivity contribution in [2.45, 2.75) is 0 Å². The molecule has 52 heavy (non-hydrogen) atoms. The molecule has 2 aromatic heterocycles. The third kappa shape index (κ3) is 4.44. The molecular formula is C50H32N2. The fraction of sp³-hybridized carbons (Fsp3) is 0. The molecule has 0 atom stereocenters. The number of para-hydroxylation sites is 2. The average molecular weight is 661 g/mol. The van der Waals surface area contributed by atoms with Crippen molar-refractivity contribution >= 4 is 65.2 Å². The number of nitrogens with zero attached hydrogens (tertiary/aromatic N) is 2. The van der Waals surface area contributed by atoms with E-state index in [2.05, 4.69) is 203 Å². The number of benzene rings is 9. The van der Waals surface area contributed by atoms with Crippen LogP contribution in [-0.4, -0.2) is 9.13 Å². The molecule has 2 nitrogen and oxygen atoms in total. The lowest BCUT2D eigenvalue weighted by molar-refractivity contribution is 1.18. The molecule has 0 aliphatic heterocycles. The van der Waals surface area contributed by atoms with E-state index < -0.39 is 0 Å².